The molecule has 1 aromatic rings. The number of aliphatic hydroxyl groups excluding tert-OH is 2. The van der Waals surface area contributed by atoms with E-state index >= 15 is 0 Å². The first-order chi connectivity index (χ1) is 7.72. The standard InChI is InChI=1S/C9H16N4O3/c1-10-8-7(16-2)9(13-5-12-8)11-3-6(15)4-14/h5-6,14-15H,3-4H2,1-2H3,(H2,10,11,12,13). The molecular weight excluding hydrogens is 212 g/mol. The van der Waals surface area contributed by atoms with E-state index in [1.807, 2.05) is 0 Å². The minimum absolute atomic E-state index is 0.188. The normalized spacial score (nSPS) is 12.0. The van der Waals surface area contributed by atoms with E-state index in [1.165, 1.54) is 13.4 Å². The lowest BCUT2D eigenvalue weighted by Gasteiger charge is -2.14. The van der Waals surface area contributed by atoms with Gasteiger partial charge in [0, 0.05) is 13.6 Å². The van der Waals surface area contributed by atoms with Crippen molar-refractivity contribution in [3.8, 4) is 5.75 Å². The summed E-state index contributed by atoms with van der Waals surface area (Å²) < 4.78 is 5.14. The van der Waals surface area contributed by atoms with Crippen LogP contribution in [0.15, 0.2) is 6.33 Å². The number of hydrogen-bond acceptors (Lipinski definition) is 7. The van der Waals surface area contributed by atoms with Gasteiger partial charge in [-0.2, -0.15) is 0 Å². The Bertz CT molecular complexity index is 335. The van der Waals surface area contributed by atoms with E-state index in [0.29, 0.717) is 17.4 Å². The van der Waals surface area contributed by atoms with Crippen LogP contribution in [0.5, 0.6) is 5.75 Å². The van der Waals surface area contributed by atoms with Crippen LogP contribution in [0.1, 0.15) is 0 Å². The lowest BCUT2D eigenvalue weighted by atomic mass is 10.3. The Hall–Kier alpha value is -1.60. The lowest BCUT2D eigenvalue weighted by Crippen LogP contribution is -2.23. The van der Waals surface area contributed by atoms with Crippen LogP contribution in [0.4, 0.5) is 11.6 Å². The van der Waals surface area contributed by atoms with Crippen LogP contribution in [0.2, 0.25) is 0 Å². The van der Waals surface area contributed by atoms with Gasteiger partial charge in [0.2, 0.25) is 5.75 Å². The molecule has 0 fully saturated rings. The molecule has 90 valence electrons. The maximum atomic E-state index is 9.20. The molecular formula is C9H16N4O3. The molecule has 1 aromatic heterocycles. The fourth-order valence-corrected chi connectivity index (χ4v) is 1.15. The molecule has 1 unspecified atom stereocenters. The molecule has 7 heteroatoms. The molecule has 0 aliphatic carbocycles. The smallest absolute Gasteiger partial charge is 0.204 e. The number of ether oxygens (including phenoxy) is 1. The van der Waals surface area contributed by atoms with Gasteiger partial charge in [0.15, 0.2) is 11.6 Å². The zero-order valence-electron chi connectivity index (χ0n) is 9.27. The Morgan fingerprint density at radius 1 is 1.44 bits per heavy atom. The number of anilines is 2. The van der Waals surface area contributed by atoms with Crippen molar-refractivity contribution in [2.24, 2.45) is 0 Å². The minimum atomic E-state index is -0.835. The molecule has 0 saturated carbocycles. The zero-order valence-corrected chi connectivity index (χ0v) is 9.27. The van der Waals surface area contributed by atoms with Gasteiger partial charge in [-0.1, -0.05) is 0 Å². The Kier molecular flexibility index (Phi) is 4.74. The topological polar surface area (TPSA) is 99.5 Å². The van der Waals surface area contributed by atoms with Crippen molar-refractivity contribution < 1.29 is 14.9 Å². The first kappa shape index (κ1) is 12.5. The molecule has 4 N–H and O–H groups in total. The Morgan fingerprint density at radius 3 is 2.69 bits per heavy atom. The van der Waals surface area contributed by atoms with E-state index in [0.717, 1.165) is 0 Å². The van der Waals surface area contributed by atoms with Crippen LogP contribution < -0.4 is 15.4 Å². The summed E-state index contributed by atoms with van der Waals surface area (Å²) in [5.41, 5.74) is 0. The number of nitrogens with zero attached hydrogens (tertiary/aromatic N) is 2. The molecule has 0 bridgehead atoms. The van der Waals surface area contributed by atoms with Crippen molar-refractivity contribution in [1.29, 1.82) is 0 Å². The van der Waals surface area contributed by atoms with Crippen molar-refractivity contribution in [1.82, 2.24) is 9.97 Å². The fraction of sp³-hybridized carbons (Fsp3) is 0.556. The number of rotatable bonds is 6. The summed E-state index contributed by atoms with van der Waals surface area (Å²) in [5.74, 6) is 1.49. The van der Waals surface area contributed by atoms with Gasteiger partial charge in [0.1, 0.15) is 6.33 Å². The number of hydrogen-bond donors (Lipinski definition) is 4. The third-order valence-corrected chi connectivity index (χ3v) is 1.96. The van der Waals surface area contributed by atoms with Gasteiger partial charge >= 0.3 is 0 Å². The van der Waals surface area contributed by atoms with Crippen LogP contribution in [0, 0.1) is 0 Å². The van der Waals surface area contributed by atoms with Crippen LogP contribution in [0.3, 0.4) is 0 Å². The predicted molar refractivity (Wildman–Crippen MR) is 59.7 cm³/mol. The molecule has 0 amide bonds. The average molecular weight is 228 g/mol. The van der Waals surface area contributed by atoms with Gasteiger partial charge in [-0.05, 0) is 0 Å². The molecule has 0 aromatic carbocycles. The summed E-state index contributed by atoms with van der Waals surface area (Å²) in [6, 6.07) is 0. The molecule has 0 aliphatic rings. The summed E-state index contributed by atoms with van der Waals surface area (Å²) in [4.78, 5) is 7.96. The van der Waals surface area contributed by atoms with Gasteiger partial charge in [-0.3, -0.25) is 0 Å². The van der Waals surface area contributed by atoms with Gasteiger partial charge in [-0.25, -0.2) is 9.97 Å². The number of aliphatic hydroxyl groups is 2. The van der Waals surface area contributed by atoms with E-state index in [1.54, 1.807) is 7.05 Å². The minimum Gasteiger partial charge on any atom is -0.490 e. The van der Waals surface area contributed by atoms with Crippen molar-refractivity contribution in [3.05, 3.63) is 6.33 Å². The Balaban J connectivity index is 2.78. The molecule has 0 radical (unpaired) electrons. The molecule has 1 rings (SSSR count). The summed E-state index contributed by atoms with van der Waals surface area (Å²) in [7, 11) is 3.23. The van der Waals surface area contributed by atoms with Crippen molar-refractivity contribution >= 4 is 11.6 Å². The summed E-state index contributed by atoms with van der Waals surface area (Å²) >= 11 is 0. The summed E-state index contributed by atoms with van der Waals surface area (Å²) in [5, 5.41) is 23.6. The van der Waals surface area contributed by atoms with Crippen molar-refractivity contribution in [2.75, 3.05) is 37.9 Å². The van der Waals surface area contributed by atoms with Crippen LogP contribution in [0.25, 0.3) is 0 Å². The van der Waals surface area contributed by atoms with Crippen LogP contribution in [-0.4, -0.2) is 53.6 Å². The third-order valence-electron chi connectivity index (χ3n) is 1.96. The fourth-order valence-electron chi connectivity index (χ4n) is 1.15. The van der Waals surface area contributed by atoms with Gasteiger partial charge in [0.05, 0.1) is 19.8 Å². The SMILES string of the molecule is CNc1ncnc(NCC(O)CO)c1OC. The quantitative estimate of drug-likeness (QED) is 0.510. The second-order valence-corrected chi connectivity index (χ2v) is 3.07. The van der Waals surface area contributed by atoms with Gasteiger partial charge in [-0.15, -0.1) is 0 Å². The highest BCUT2D eigenvalue weighted by Crippen LogP contribution is 2.28. The zero-order chi connectivity index (χ0) is 12.0. The van der Waals surface area contributed by atoms with Crippen LogP contribution in [-0.2, 0) is 0 Å². The Morgan fingerprint density at radius 2 is 2.12 bits per heavy atom. The summed E-state index contributed by atoms with van der Waals surface area (Å²) in [6.07, 6.45) is 0.542. The first-order valence-corrected chi connectivity index (χ1v) is 4.82. The van der Waals surface area contributed by atoms with Crippen molar-refractivity contribution in [2.45, 2.75) is 6.10 Å². The van der Waals surface area contributed by atoms with Gasteiger partial charge < -0.3 is 25.6 Å². The monoisotopic (exact) mass is 228 g/mol. The number of methoxy groups -OCH3 is 1. The second kappa shape index (κ2) is 6.09. The van der Waals surface area contributed by atoms with Crippen molar-refractivity contribution in [3.63, 3.8) is 0 Å². The molecule has 1 heterocycles. The van der Waals surface area contributed by atoms with E-state index in [2.05, 4.69) is 20.6 Å². The van der Waals surface area contributed by atoms with E-state index in [9.17, 15) is 5.11 Å². The lowest BCUT2D eigenvalue weighted by molar-refractivity contribution is 0.105. The average Bonchev–Trinajstić information content (AvgIpc) is 2.34. The second-order valence-electron chi connectivity index (χ2n) is 3.07. The molecule has 0 aliphatic heterocycles. The highest BCUT2D eigenvalue weighted by Gasteiger charge is 2.11. The van der Waals surface area contributed by atoms with E-state index in [4.69, 9.17) is 9.84 Å². The number of aromatic nitrogens is 2. The first-order valence-electron chi connectivity index (χ1n) is 4.82. The highest BCUT2D eigenvalue weighted by molar-refractivity contribution is 5.63. The third kappa shape index (κ3) is 2.94. The predicted octanol–water partition coefficient (Wildman–Crippen LogP) is -0.708. The number of nitrogens with one attached hydrogen (secondary N) is 2. The molecule has 0 spiro atoms. The van der Waals surface area contributed by atoms with E-state index in [-0.39, 0.29) is 13.2 Å². The Labute approximate surface area is 93.5 Å². The highest BCUT2D eigenvalue weighted by atomic mass is 16.5. The van der Waals surface area contributed by atoms with E-state index < -0.39 is 6.10 Å². The maximum Gasteiger partial charge on any atom is 0.204 e. The largest absolute Gasteiger partial charge is 0.490 e. The molecule has 7 nitrogen and oxygen atoms in total. The maximum absolute atomic E-state index is 9.20. The van der Waals surface area contributed by atoms with Gasteiger partial charge in [0.25, 0.3) is 0 Å². The molecule has 16 heavy (non-hydrogen) atoms. The molecule has 1 atom stereocenters. The molecule has 0 saturated heterocycles. The summed E-state index contributed by atoms with van der Waals surface area (Å²) in [6.45, 7) is -0.119. The van der Waals surface area contributed by atoms with Crippen LogP contribution >= 0.6 is 0 Å².